The fourth-order valence-electron chi connectivity index (χ4n) is 1.09. The van der Waals surface area contributed by atoms with Crippen molar-refractivity contribution in [3.8, 4) is 0 Å². The molecule has 1 aromatic carbocycles. The van der Waals surface area contributed by atoms with E-state index in [1.807, 2.05) is 0 Å². The van der Waals surface area contributed by atoms with Gasteiger partial charge in [-0.25, -0.2) is 17.5 Å². The molecule has 4 N–H and O–H groups in total. The molecule has 0 saturated heterocycles. The van der Waals surface area contributed by atoms with Crippen molar-refractivity contribution in [1.82, 2.24) is 4.72 Å². The normalized spacial score (nSPS) is 12.7. The molecule has 1 rings (SSSR count). The summed E-state index contributed by atoms with van der Waals surface area (Å²) in [6, 6.07) is 3.04. The van der Waals surface area contributed by atoms with Gasteiger partial charge in [-0.1, -0.05) is 0 Å². The molecule has 0 amide bonds. The summed E-state index contributed by atoms with van der Waals surface area (Å²) < 4.78 is 38.7. The van der Waals surface area contributed by atoms with E-state index in [0.29, 0.717) is 0 Å². The van der Waals surface area contributed by atoms with Gasteiger partial charge in [0.05, 0.1) is 10.5 Å². The molecule has 0 aliphatic rings. The van der Waals surface area contributed by atoms with Crippen LogP contribution in [0.1, 0.15) is 13.8 Å². The zero-order chi connectivity index (χ0) is 13.3. The van der Waals surface area contributed by atoms with E-state index in [1.54, 1.807) is 0 Å². The van der Waals surface area contributed by atoms with E-state index in [-0.39, 0.29) is 17.1 Å². The minimum atomic E-state index is -3.87. The first-order valence-corrected chi connectivity index (χ1v) is 6.37. The third kappa shape index (κ3) is 4.29. The van der Waals surface area contributed by atoms with Crippen molar-refractivity contribution in [2.75, 3.05) is 12.3 Å². The first kappa shape index (κ1) is 13.9. The first-order valence-electron chi connectivity index (χ1n) is 4.88. The Morgan fingerprint density at radius 3 is 2.47 bits per heavy atom. The summed E-state index contributed by atoms with van der Waals surface area (Å²) in [5.41, 5.74) is 4.19. The molecule has 0 heterocycles. The Labute approximate surface area is 99.5 Å². The molecule has 7 heteroatoms. The SMILES string of the molecule is CC(C)(O)CNS(=O)(=O)c1cc(N)cc(F)c1. The monoisotopic (exact) mass is 262 g/mol. The van der Waals surface area contributed by atoms with Gasteiger partial charge in [-0.15, -0.1) is 0 Å². The number of anilines is 1. The zero-order valence-electron chi connectivity index (χ0n) is 9.57. The van der Waals surface area contributed by atoms with Crippen LogP contribution in [0.25, 0.3) is 0 Å². The highest BCUT2D eigenvalue weighted by Gasteiger charge is 2.20. The Kier molecular flexibility index (Phi) is 3.75. The maximum atomic E-state index is 13.0. The Morgan fingerprint density at radius 2 is 2.00 bits per heavy atom. The molecule has 0 spiro atoms. The van der Waals surface area contributed by atoms with Crippen LogP contribution >= 0.6 is 0 Å². The minimum absolute atomic E-state index is 0.0219. The summed E-state index contributed by atoms with van der Waals surface area (Å²) in [6.45, 7) is 2.73. The quantitative estimate of drug-likeness (QED) is 0.687. The molecule has 0 aliphatic carbocycles. The third-order valence-corrected chi connectivity index (χ3v) is 3.28. The van der Waals surface area contributed by atoms with Crippen LogP contribution in [0.15, 0.2) is 23.1 Å². The van der Waals surface area contributed by atoms with Crippen molar-refractivity contribution in [3.63, 3.8) is 0 Å². The number of hydrogen-bond donors (Lipinski definition) is 3. The average molecular weight is 262 g/mol. The van der Waals surface area contributed by atoms with Gasteiger partial charge in [0.1, 0.15) is 5.82 Å². The minimum Gasteiger partial charge on any atom is -0.399 e. The van der Waals surface area contributed by atoms with Gasteiger partial charge in [-0.3, -0.25) is 0 Å². The van der Waals surface area contributed by atoms with Gasteiger partial charge in [0.15, 0.2) is 0 Å². The molecule has 96 valence electrons. The maximum absolute atomic E-state index is 13.0. The second kappa shape index (κ2) is 4.59. The summed E-state index contributed by atoms with van der Waals surface area (Å²) in [5.74, 6) is -0.728. The Bertz CT molecular complexity index is 489. The largest absolute Gasteiger partial charge is 0.399 e. The molecule has 17 heavy (non-hydrogen) atoms. The lowest BCUT2D eigenvalue weighted by atomic mass is 10.1. The molecule has 0 aromatic heterocycles. The Balaban J connectivity index is 2.98. The predicted octanol–water partition coefficient (Wildman–Crippen LogP) is 0.457. The van der Waals surface area contributed by atoms with Crippen molar-refractivity contribution in [2.24, 2.45) is 0 Å². The number of rotatable bonds is 4. The van der Waals surface area contributed by atoms with Crippen molar-refractivity contribution >= 4 is 15.7 Å². The number of nitrogen functional groups attached to an aromatic ring is 1. The van der Waals surface area contributed by atoms with Gasteiger partial charge >= 0.3 is 0 Å². The van der Waals surface area contributed by atoms with Crippen LogP contribution < -0.4 is 10.5 Å². The Morgan fingerprint density at radius 1 is 1.41 bits per heavy atom. The summed E-state index contributed by atoms with van der Waals surface area (Å²) in [7, 11) is -3.87. The molecule has 0 bridgehead atoms. The lowest BCUT2D eigenvalue weighted by Gasteiger charge is -2.17. The van der Waals surface area contributed by atoms with Gasteiger partial charge in [-0.2, -0.15) is 0 Å². The van der Waals surface area contributed by atoms with E-state index in [0.717, 1.165) is 18.2 Å². The van der Waals surface area contributed by atoms with Crippen LogP contribution in [0.5, 0.6) is 0 Å². The number of benzene rings is 1. The standard InChI is InChI=1S/C10H15FN2O3S/c1-10(2,14)6-13-17(15,16)9-4-7(11)3-8(12)5-9/h3-5,13-14H,6,12H2,1-2H3. The fraction of sp³-hybridized carbons (Fsp3) is 0.400. The van der Waals surface area contributed by atoms with Crippen LogP contribution in [-0.4, -0.2) is 25.7 Å². The van der Waals surface area contributed by atoms with E-state index >= 15 is 0 Å². The molecule has 0 unspecified atom stereocenters. The van der Waals surface area contributed by atoms with Gasteiger partial charge in [0.2, 0.25) is 10.0 Å². The fourth-order valence-corrected chi connectivity index (χ4v) is 2.36. The predicted molar refractivity (Wildman–Crippen MR) is 62.3 cm³/mol. The number of aliphatic hydroxyl groups is 1. The van der Waals surface area contributed by atoms with Crippen LogP contribution in [0.2, 0.25) is 0 Å². The molecule has 0 atom stereocenters. The number of nitrogens with one attached hydrogen (secondary N) is 1. The van der Waals surface area contributed by atoms with E-state index in [2.05, 4.69) is 4.72 Å². The lowest BCUT2D eigenvalue weighted by molar-refractivity contribution is 0.0857. The smallest absolute Gasteiger partial charge is 0.240 e. The summed E-state index contributed by atoms with van der Waals surface area (Å²) in [5, 5.41) is 9.41. The number of halogens is 1. The van der Waals surface area contributed by atoms with E-state index in [1.165, 1.54) is 13.8 Å². The van der Waals surface area contributed by atoms with E-state index < -0.39 is 21.4 Å². The van der Waals surface area contributed by atoms with Crippen molar-refractivity contribution in [3.05, 3.63) is 24.0 Å². The Hall–Kier alpha value is -1.18. The topological polar surface area (TPSA) is 92.4 Å². The average Bonchev–Trinajstić information content (AvgIpc) is 2.12. The lowest BCUT2D eigenvalue weighted by Crippen LogP contribution is -2.38. The molecule has 1 aromatic rings. The van der Waals surface area contributed by atoms with Gasteiger partial charge in [0, 0.05) is 12.2 Å². The van der Waals surface area contributed by atoms with Crippen molar-refractivity contribution in [2.45, 2.75) is 24.3 Å². The summed E-state index contributed by atoms with van der Waals surface area (Å²) >= 11 is 0. The number of nitrogens with two attached hydrogens (primary N) is 1. The van der Waals surface area contributed by atoms with Crippen molar-refractivity contribution in [1.29, 1.82) is 0 Å². The van der Waals surface area contributed by atoms with Gasteiger partial charge in [-0.05, 0) is 32.0 Å². The third-order valence-electron chi connectivity index (χ3n) is 1.90. The maximum Gasteiger partial charge on any atom is 0.240 e. The molecule has 0 aliphatic heterocycles. The highest BCUT2D eigenvalue weighted by Crippen LogP contribution is 2.16. The van der Waals surface area contributed by atoms with Gasteiger partial charge < -0.3 is 10.8 Å². The molecule has 5 nitrogen and oxygen atoms in total. The molecule has 0 fully saturated rings. The number of sulfonamides is 1. The molecular weight excluding hydrogens is 247 g/mol. The highest BCUT2D eigenvalue weighted by atomic mass is 32.2. The van der Waals surface area contributed by atoms with Crippen LogP contribution in [-0.2, 0) is 10.0 Å². The van der Waals surface area contributed by atoms with Gasteiger partial charge in [0.25, 0.3) is 0 Å². The van der Waals surface area contributed by atoms with Crippen LogP contribution in [0, 0.1) is 5.82 Å². The first-order chi connectivity index (χ1) is 7.60. The highest BCUT2D eigenvalue weighted by molar-refractivity contribution is 7.89. The molecule has 0 saturated carbocycles. The van der Waals surface area contributed by atoms with Crippen LogP contribution in [0.3, 0.4) is 0 Å². The van der Waals surface area contributed by atoms with Crippen LogP contribution in [0.4, 0.5) is 10.1 Å². The molecular formula is C10H15FN2O3S. The van der Waals surface area contributed by atoms with E-state index in [4.69, 9.17) is 5.73 Å². The summed E-state index contributed by atoms with van der Waals surface area (Å²) in [6.07, 6.45) is 0. The summed E-state index contributed by atoms with van der Waals surface area (Å²) in [4.78, 5) is -0.265. The van der Waals surface area contributed by atoms with Crippen molar-refractivity contribution < 1.29 is 17.9 Å². The zero-order valence-corrected chi connectivity index (χ0v) is 10.4. The molecule has 0 radical (unpaired) electrons. The van der Waals surface area contributed by atoms with E-state index in [9.17, 15) is 17.9 Å². The second-order valence-electron chi connectivity index (χ2n) is 4.36. The second-order valence-corrected chi connectivity index (χ2v) is 6.12. The number of hydrogen-bond acceptors (Lipinski definition) is 4.